The molecular formula is C31H33Cl3N10O9. The lowest BCUT2D eigenvalue weighted by molar-refractivity contribution is -0.136. The molecule has 2 aliphatic rings. The summed E-state index contributed by atoms with van der Waals surface area (Å²) in [4.78, 5) is 83.2. The van der Waals surface area contributed by atoms with Crippen LogP contribution in [0.25, 0.3) is 0 Å². The molecule has 53 heavy (non-hydrogen) atoms. The first-order valence-electron chi connectivity index (χ1n) is 16.1. The maximum atomic E-state index is 13.2. The molecule has 4 heterocycles. The Bertz CT molecular complexity index is 1830. The van der Waals surface area contributed by atoms with Gasteiger partial charge in [0.15, 0.2) is 6.17 Å². The van der Waals surface area contributed by atoms with Crippen LogP contribution in [0.1, 0.15) is 52.1 Å². The van der Waals surface area contributed by atoms with Crippen molar-refractivity contribution in [2.24, 2.45) is 0 Å². The van der Waals surface area contributed by atoms with Crippen molar-refractivity contribution < 1.29 is 43.0 Å². The molecule has 0 radical (unpaired) electrons. The number of hydrogen-bond donors (Lipinski definition) is 4. The molecule has 22 heteroatoms. The summed E-state index contributed by atoms with van der Waals surface area (Å²) in [5.41, 5.74) is 0.566. The summed E-state index contributed by atoms with van der Waals surface area (Å²) in [6, 6.07) is 5.08. The fourth-order valence-corrected chi connectivity index (χ4v) is 5.44. The molecule has 282 valence electrons. The number of imide groups is 2. The number of alkyl halides is 3. The van der Waals surface area contributed by atoms with Gasteiger partial charge >= 0.3 is 6.09 Å². The summed E-state index contributed by atoms with van der Waals surface area (Å²) in [6.45, 7) is 0.872. The zero-order chi connectivity index (χ0) is 38.0. The summed E-state index contributed by atoms with van der Waals surface area (Å²) in [7, 11) is 0. The SMILES string of the molecule is O=C(CCOCCn1cc(COc2cccc3c2C(=O)N(C2CCC(=O)NC2=O)C3=O)nn1)NCCCOC(=O)NC(Nc1ncccn1)C(Cl)(Cl)Cl. The molecule has 3 aromatic rings. The van der Waals surface area contributed by atoms with Crippen LogP contribution in [0.15, 0.2) is 42.9 Å². The van der Waals surface area contributed by atoms with Gasteiger partial charge in [0, 0.05) is 31.8 Å². The molecule has 2 aliphatic heterocycles. The number of amides is 6. The number of carbonyl (C=O) groups excluding carboxylic acids is 6. The largest absolute Gasteiger partial charge is 0.486 e. The van der Waals surface area contributed by atoms with Crippen molar-refractivity contribution in [3.63, 3.8) is 0 Å². The van der Waals surface area contributed by atoms with Crippen LogP contribution in [-0.4, -0.2) is 108 Å². The number of nitrogens with one attached hydrogen (secondary N) is 4. The van der Waals surface area contributed by atoms with E-state index in [1.165, 1.54) is 29.2 Å². The topological polar surface area (TPSA) is 238 Å². The molecule has 4 N–H and O–H groups in total. The third-order valence-electron chi connectivity index (χ3n) is 7.63. The van der Waals surface area contributed by atoms with Crippen LogP contribution in [-0.2, 0) is 37.0 Å². The standard InChI is InChI=1S/C31H33Cl3N10O9/c32-31(33,34)28(39-29-36-9-2-10-37-29)40-30(50)52-13-3-11-35-22(45)8-14-51-15-12-43-16-18(41-42-43)17-53-21-5-1-4-19-24(21)27(49)44(26(19)48)20-6-7-23(46)38-25(20)47/h1-2,4-5,9-10,16,20,28H,3,6-8,11-15,17H2,(H,35,45)(H,40,50)(H,36,37,39)(H,38,46,47). The maximum Gasteiger partial charge on any atom is 0.408 e. The number of anilines is 1. The number of aromatic nitrogens is 5. The van der Waals surface area contributed by atoms with Gasteiger partial charge in [0.25, 0.3) is 11.8 Å². The van der Waals surface area contributed by atoms with Crippen LogP contribution in [0.4, 0.5) is 10.7 Å². The highest BCUT2D eigenvalue weighted by Crippen LogP contribution is 2.34. The van der Waals surface area contributed by atoms with E-state index in [9.17, 15) is 28.8 Å². The zero-order valence-corrected chi connectivity index (χ0v) is 30.0. The summed E-state index contributed by atoms with van der Waals surface area (Å²) in [5, 5.41) is 18.0. The number of nitrogens with zero attached hydrogens (tertiary/aromatic N) is 6. The number of halogens is 3. The monoisotopic (exact) mass is 794 g/mol. The van der Waals surface area contributed by atoms with Crippen LogP contribution in [0, 0.1) is 0 Å². The highest BCUT2D eigenvalue weighted by Gasteiger charge is 2.46. The number of carbonyl (C=O) groups is 6. The number of ether oxygens (including phenoxy) is 3. The molecule has 2 aromatic heterocycles. The Morgan fingerprint density at radius 2 is 1.83 bits per heavy atom. The van der Waals surface area contributed by atoms with Crippen molar-refractivity contribution in [3.8, 4) is 5.75 Å². The smallest absolute Gasteiger partial charge is 0.408 e. The quantitative estimate of drug-likeness (QED) is 0.0656. The number of piperidine rings is 1. The van der Waals surface area contributed by atoms with Gasteiger partial charge < -0.3 is 24.8 Å². The van der Waals surface area contributed by atoms with Gasteiger partial charge in [0.1, 0.15) is 24.1 Å². The molecule has 2 atom stereocenters. The van der Waals surface area contributed by atoms with E-state index in [0.717, 1.165) is 4.90 Å². The fourth-order valence-electron chi connectivity index (χ4n) is 5.11. The van der Waals surface area contributed by atoms with Crippen molar-refractivity contribution in [1.82, 2.24) is 45.8 Å². The second-order valence-corrected chi connectivity index (χ2v) is 13.8. The number of hydrogen-bond acceptors (Lipinski definition) is 14. The van der Waals surface area contributed by atoms with Crippen molar-refractivity contribution in [3.05, 3.63) is 59.7 Å². The predicted molar refractivity (Wildman–Crippen MR) is 185 cm³/mol. The second kappa shape index (κ2) is 18.1. The Morgan fingerprint density at radius 1 is 1.04 bits per heavy atom. The second-order valence-electron chi connectivity index (χ2n) is 11.4. The summed E-state index contributed by atoms with van der Waals surface area (Å²) in [5.74, 6) is -2.47. The van der Waals surface area contributed by atoms with E-state index in [4.69, 9.17) is 49.0 Å². The highest BCUT2D eigenvalue weighted by molar-refractivity contribution is 6.68. The van der Waals surface area contributed by atoms with E-state index in [1.54, 1.807) is 18.3 Å². The lowest BCUT2D eigenvalue weighted by Gasteiger charge is -2.27. The minimum Gasteiger partial charge on any atom is -0.486 e. The molecule has 0 spiro atoms. The fraction of sp³-hybridized carbons (Fsp3) is 0.419. The minimum atomic E-state index is -1.94. The molecule has 0 bridgehead atoms. The molecular weight excluding hydrogens is 763 g/mol. The maximum absolute atomic E-state index is 13.2. The van der Waals surface area contributed by atoms with Gasteiger partial charge in [-0.05, 0) is 31.0 Å². The lowest BCUT2D eigenvalue weighted by atomic mass is 10.0. The van der Waals surface area contributed by atoms with Gasteiger partial charge in [-0.2, -0.15) is 0 Å². The first-order chi connectivity index (χ1) is 25.4. The first kappa shape index (κ1) is 39.1. The summed E-state index contributed by atoms with van der Waals surface area (Å²) in [6.07, 6.45) is 3.00. The molecule has 2 unspecified atom stereocenters. The Kier molecular flexibility index (Phi) is 13.3. The number of fused-ring (bicyclic) bond motifs is 1. The van der Waals surface area contributed by atoms with Crippen LogP contribution < -0.4 is 26.0 Å². The van der Waals surface area contributed by atoms with Gasteiger partial charge in [-0.1, -0.05) is 46.1 Å². The molecule has 0 saturated carbocycles. The van der Waals surface area contributed by atoms with Gasteiger partial charge in [0.2, 0.25) is 27.5 Å². The van der Waals surface area contributed by atoms with Crippen molar-refractivity contribution in [2.45, 2.75) is 54.8 Å². The predicted octanol–water partition coefficient (Wildman–Crippen LogP) is 1.50. The van der Waals surface area contributed by atoms with Crippen LogP contribution in [0.5, 0.6) is 5.75 Å². The molecule has 0 aliphatic carbocycles. The molecule has 19 nitrogen and oxygen atoms in total. The van der Waals surface area contributed by atoms with E-state index in [0.29, 0.717) is 18.7 Å². The Labute approximate surface area is 316 Å². The lowest BCUT2D eigenvalue weighted by Crippen LogP contribution is -2.54. The molecule has 1 saturated heterocycles. The Morgan fingerprint density at radius 3 is 2.58 bits per heavy atom. The summed E-state index contributed by atoms with van der Waals surface area (Å²) >= 11 is 17.8. The third-order valence-corrected chi connectivity index (χ3v) is 8.29. The molecule has 1 fully saturated rings. The molecule has 6 amide bonds. The van der Waals surface area contributed by atoms with E-state index in [1.807, 2.05) is 0 Å². The van der Waals surface area contributed by atoms with Gasteiger partial charge in [-0.25, -0.2) is 19.4 Å². The average molecular weight is 796 g/mol. The van der Waals surface area contributed by atoms with Crippen LogP contribution >= 0.6 is 34.8 Å². The molecule has 5 rings (SSSR count). The Balaban J connectivity index is 0.948. The van der Waals surface area contributed by atoms with Gasteiger partial charge in [-0.3, -0.25) is 39.5 Å². The van der Waals surface area contributed by atoms with Crippen LogP contribution in [0.3, 0.4) is 0 Å². The Hall–Kier alpha value is -5.11. The highest BCUT2D eigenvalue weighted by atomic mass is 35.6. The third kappa shape index (κ3) is 10.7. The van der Waals surface area contributed by atoms with Crippen molar-refractivity contribution in [2.75, 3.05) is 31.7 Å². The van der Waals surface area contributed by atoms with E-state index in [2.05, 4.69) is 41.5 Å². The number of benzene rings is 1. The van der Waals surface area contributed by atoms with Gasteiger partial charge in [-0.15, -0.1) is 5.10 Å². The van der Waals surface area contributed by atoms with Crippen molar-refractivity contribution >= 4 is 76.4 Å². The number of alkyl carbamates (subject to hydrolysis) is 1. The normalized spacial score (nSPS) is 16.1. The van der Waals surface area contributed by atoms with E-state index < -0.39 is 45.7 Å². The first-order valence-corrected chi connectivity index (χ1v) is 17.3. The number of rotatable bonds is 17. The minimum absolute atomic E-state index is 0.0142. The summed E-state index contributed by atoms with van der Waals surface area (Å²) < 4.78 is 16.0. The average Bonchev–Trinajstić information content (AvgIpc) is 3.68. The molecule has 1 aromatic carbocycles. The van der Waals surface area contributed by atoms with E-state index in [-0.39, 0.29) is 81.0 Å². The van der Waals surface area contributed by atoms with Crippen molar-refractivity contribution in [1.29, 1.82) is 0 Å². The zero-order valence-electron chi connectivity index (χ0n) is 27.8. The van der Waals surface area contributed by atoms with Gasteiger partial charge in [0.05, 0.1) is 43.7 Å². The van der Waals surface area contributed by atoms with Crippen LogP contribution in [0.2, 0.25) is 0 Å². The van der Waals surface area contributed by atoms with E-state index >= 15 is 0 Å².